The maximum Gasteiger partial charge on any atom is 0.397 e. The van der Waals surface area contributed by atoms with E-state index in [4.69, 9.17) is 51.6 Å². The highest BCUT2D eigenvalue weighted by Gasteiger charge is 2.79. The predicted molar refractivity (Wildman–Crippen MR) is 282 cm³/mol. The van der Waals surface area contributed by atoms with E-state index in [0.717, 1.165) is 31.1 Å². The third-order valence-electron chi connectivity index (χ3n) is 20.3. The van der Waals surface area contributed by atoms with Crippen molar-refractivity contribution in [1.29, 1.82) is 0 Å². The van der Waals surface area contributed by atoms with E-state index >= 15 is 0 Å². The molecular weight excluding hydrogens is 1160 g/mol. The summed E-state index contributed by atoms with van der Waals surface area (Å²) in [5.41, 5.74) is -1.61. The number of hydrogen-bond donors (Lipinski definition) is 10. The number of cyclic esters (lactones) is 1. The summed E-state index contributed by atoms with van der Waals surface area (Å²) >= 11 is 0. The molecule has 0 amide bonds. The Bertz CT molecular complexity index is 2690. The summed E-state index contributed by atoms with van der Waals surface area (Å²) in [4.78, 5) is 28.7. The Morgan fingerprint density at radius 3 is 1.99 bits per heavy atom. The van der Waals surface area contributed by atoms with Crippen molar-refractivity contribution >= 4 is 32.6 Å². The maximum atomic E-state index is 14.4. The van der Waals surface area contributed by atoms with Crippen LogP contribution >= 0.6 is 0 Å². The van der Waals surface area contributed by atoms with Crippen molar-refractivity contribution in [3.05, 3.63) is 23.8 Å². The quantitative estimate of drug-likeness (QED) is 0.0440. The van der Waals surface area contributed by atoms with Gasteiger partial charge < -0.3 is 88.2 Å². The minimum Gasteiger partial charge on any atom is -0.458 e. The molecule has 0 aromatic carbocycles. The Balaban J connectivity index is 0.917. The number of hydrogen-bond acceptors (Lipinski definition) is 26. The van der Waals surface area contributed by atoms with Gasteiger partial charge in [-0.25, -0.2) is 8.37 Å². The largest absolute Gasteiger partial charge is 0.458 e. The highest BCUT2D eigenvalue weighted by molar-refractivity contribution is 7.81. The minimum atomic E-state index is -5.22. The lowest BCUT2D eigenvalue weighted by molar-refractivity contribution is -0.389. The van der Waals surface area contributed by atoms with Crippen LogP contribution in [-0.4, -0.2) is 234 Å². The van der Waals surface area contributed by atoms with Crippen LogP contribution in [0.4, 0.5) is 0 Å². The first-order valence-corrected chi connectivity index (χ1v) is 31.3. The molecule has 0 radical (unpaired) electrons. The average Bonchev–Trinajstić information content (AvgIpc) is 1.61. The highest BCUT2D eigenvalue weighted by Crippen LogP contribution is 2.75. The number of carbonyl (C=O) groups is 2. The van der Waals surface area contributed by atoms with Crippen LogP contribution in [0.25, 0.3) is 0 Å². The van der Waals surface area contributed by atoms with Crippen molar-refractivity contribution in [1.82, 2.24) is 0 Å². The molecule has 8 fully saturated rings. The number of rotatable bonds is 19. The van der Waals surface area contributed by atoms with Gasteiger partial charge in [0.05, 0.1) is 43.4 Å². The van der Waals surface area contributed by atoms with Gasteiger partial charge in [0.1, 0.15) is 96.8 Å². The molecule has 84 heavy (non-hydrogen) atoms. The second-order valence-corrected chi connectivity index (χ2v) is 28.0. The van der Waals surface area contributed by atoms with Crippen molar-refractivity contribution in [3.63, 3.8) is 0 Å². The van der Waals surface area contributed by atoms with Crippen LogP contribution in [0.15, 0.2) is 23.8 Å². The van der Waals surface area contributed by atoms with Crippen LogP contribution in [0.2, 0.25) is 0 Å². The van der Waals surface area contributed by atoms with Crippen molar-refractivity contribution in [3.8, 4) is 0 Å². The van der Waals surface area contributed by atoms with Gasteiger partial charge in [-0.05, 0) is 94.8 Å². The molecule has 10 N–H and O–H groups in total. The third-order valence-corrected chi connectivity index (χ3v) is 21.2. The Kier molecular flexibility index (Phi) is 19.0. The van der Waals surface area contributed by atoms with E-state index in [1.54, 1.807) is 0 Å². The molecule has 5 saturated heterocycles. The van der Waals surface area contributed by atoms with E-state index in [1.807, 2.05) is 27.7 Å². The number of fused-ring (bicyclic) bond motifs is 4. The molecule has 0 aromatic heterocycles. The molecular formula is C54H84O28S2. The molecule has 9 aliphatic rings. The monoisotopic (exact) mass is 1240 g/mol. The van der Waals surface area contributed by atoms with E-state index in [-0.39, 0.29) is 35.4 Å². The van der Waals surface area contributed by atoms with Crippen LogP contribution in [0.3, 0.4) is 0 Å². The Morgan fingerprint density at radius 1 is 0.738 bits per heavy atom. The molecule has 480 valence electrons. The summed E-state index contributed by atoms with van der Waals surface area (Å²) in [6.45, 7) is 15.0. The molecule has 30 heteroatoms. The van der Waals surface area contributed by atoms with E-state index in [2.05, 4.69) is 30.7 Å². The number of aliphatic hydroxyl groups is 8. The first-order valence-electron chi connectivity index (χ1n) is 28.6. The van der Waals surface area contributed by atoms with Crippen LogP contribution in [0, 0.1) is 39.4 Å². The van der Waals surface area contributed by atoms with E-state index in [1.165, 1.54) is 6.92 Å². The molecule has 27 atom stereocenters. The third kappa shape index (κ3) is 11.8. The van der Waals surface area contributed by atoms with Gasteiger partial charge in [0.25, 0.3) is 0 Å². The fraction of sp³-hybridized carbons (Fsp3) is 0.889. The van der Waals surface area contributed by atoms with Gasteiger partial charge in [-0.15, -0.1) is 6.58 Å². The van der Waals surface area contributed by atoms with Gasteiger partial charge in [0.2, 0.25) is 0 Å². The number of esters is 1. The Morgan fingerprint density at radius 2 is 1.36 bits per heavy atom. The van der Waals surface area contributed by atoms with Crippen molar-refractivity contribution in [2.75, 3.05) is 26.9 Å². The molecule has 5 heterocycles. The summed E-state index contributed by atoms with van der Waals surface area (Å²) < 4.78 is 135. The molecule has 0 aromatic rings. The zero-order valence-corrected chi connectivity index (χ0v) is 49.8. The molecule has 0 unspecified atom stereocenters. The fourth-order valence-electron chi connectivity index (χ4n) is 16.2. The summed E-state index contributed by atoms with van der Waals surface area (Å²) in [5, 5.41) is 89.5. The Hall–Kier alpha value is -2.32. The molecule has 3 saturated carbocycles. The van der Waals surface area contributed by atoms with E-state index in [9.17, 15) is 76.4 Å². The van der Waals surface area contributed by atoms with Crippen LogP contribution in [-0.2, 0) is 86.1 Å². The van der Waals surface area contributed by atoms with Gasteiger partial charge in [-0.2, -0.15) is 16.8 Å². The molecule has 4 aliphatic carbocycles. The number of ketones is 1. The second kappa shape index (κ2) is 24.1. The number of carbonyl (C=O) groups excluding carboxylic acids is 2. The smallest absolute Gasteiger partial charge is 0.397 e. The summed E-state index contributed by atoms with van der Waals surface area (Å²) in [7, 11) is -9.27. The number of ether oxygens (including phenoxy) is 10. The topological polar surface area (TPSA) is 415 Å². The first-order chi connectivity index (χ1) is 39.1. The van der Waals surface area contributed by atoms with Crippen LogP contribution in [0.1, 0.15) is 106 Å². The van der Waals surface area contributed by atoms with E-state index in [0.29, 0.717) is 38.5 Å². The maximum absolute atomic E-state index is 14.4. The van der Waals surface area contributed by atoms with Crippen molar-refractivity contribution < 1.29 is 132 Å². The predicted octanol–water partition coefficient (Wildman–Crippen LogP) is -0.555. The molecule has 9 rings (SSSR count). The van der Waals surface area contributed by atoms with Gasteiger partial charge in [-0.1, -0.05) is 44.9 Å². The lowest BCUT2D eigenvalue weighted by atomic mass is 9.41. The summed E-state index contributed by atoms with van der Waals surface area (Å²) in [6.07, 6.45) is -27.9. The summed E-state index contributed by atoms with van der Waals surface area (Å²) in [6, 6.07) is 0. The lowest BCUT2D eigenvalue weighted by Crippen LogP contribution is -2.67. The SMILES string of the molecule is C=C(C)CCC[C@]1(C)OC(=O)[C@]23CC[C@H]4C(=CC[C@H]5C(C)(C)[C@@H](O[C@@H]6OC[C@@H](OS(=O)(=O)O)[C@H](O)[C@H]6O[C@@H]6O[C@H](C)[C@@H](O[C@@H]7O[C@H](COS(=O)(=O)O)[C@@H](O)[C@H](O[C@@H]8O[C@H](CO)[C@@H](O)[C@H](OC)[C@H]8O)[C@H]7O)[C@H](O)[C@H]6O)CC[C@]45C)[C@]2(C)CC(=O)[C@@H]31. The second-order valence-electron chi connectivity index (χ2n) is 25.8. The van der Waals surface area contributed by atoms with Crippen molar-refractivity contribution in [2.45, 2.75) is 235 Å². The average molecular weight is 1250 g/mol. The lowest BCUT2D eigenvalue weighted by Gasteiger charge is -2.63. The highest BCUT2D eigenvalue weighted by atomic mass is 32.3. The minimum absolute atomic E-state index is 0.00406. The molecule has 28 nitrogen and oxygen atoms in total. The number of allylic oxidation sites excluding steroid dienone is 3. The number of Topliss-reactive ketones (excluding diaryl/α,β-unsaturated/α-hetero) is 1. The molecule has 1 spiro atoms. The summed E-state index contributed by atoms with van der Waals surface area (Å²) in [5.74, 6) is -0.907. The normalized spacial score (nSPS) is 48.5. The van der Waals surface area contributed by atoms with Gasteiger partial charge >= 0.3 is 26.8 Å². The molecule has 0 bridgehead atoms. The fourth-order valence-corrected chi connectivity index (χ4v) is 17.0. The van der Waals surface area contributed by atoms with Gasteiger partial charge in [-0.3, -0.25) is 18.7 Å². The van der Waals surface area contributed by atoms with Crippen LogP contribution in [0.5, 0.6) is 0 Å². The first kappa shape index (κ1) is 66.1. The zero-order valence-electron chi connectivity index (χ0n) is 48.2. The van der Waals surface area contributed by atoms with E-state index < -0.39 is 191 Å². The Labute approximate surface area is 487 Å². The van der Waals surface area contributed by atoms with Gasteiger partial charge in [0, 0.05) is 18.9 Å². The van der Waals surface area contributed by atoms with Crippen molar-refractivity contribution in [2.24, 2.45) is 39.4 Å². The molecule has 5 aliphatic heterocycles. The van der Waals surface area contributed by atoms with Crippen LogP contribution < -0.4 is 0 Å². The standard InChI is InChI=1S/C54H84O28S2/c1-23(2)11-10-16-53(8)44-27(56)19-52(7)26-12-13-31-50(4,5)32(15-17-51(31,6)25(26)14-18-54(44,52)49(64)81-53)77-48-43(35(59)30(21-72-48)82-84(68,69)70)80-45-37(61)36(60)40(24(3)74-45)78-47-39(63)42(34(58)29(76-47)22-73-83(65,66)67)79-46-38(62)41(71-9)33(57)28(20-55)75-46/h12,24-25,28-48,55,57-63H,1,10-11,13-22H2,2-9H3,(H,65,66,67)(H,68,69,70)/t24-,25+,28-,29-,30-,31+,32+,33-,34-,35+,36-,37-,38-,39-,40-,41+,42+,43-,44-,45+,46+,47+,48+,51-,52+,53+,54-/m1/s1. The van der Waals surface area contributed by atoms with Gasteiger partial charge in [0.15, 0.2) is 25.2 Å². The number of aliphatic hydroxyl groups excluding tert-OH is 8. The number of methoxy groups -OCH3 is 1. The zero-order chi connectivity index (χ0) is 61.8.